The second kappa shape index (κ2) is 8.05. The van der Waals surface area contributed by atoms with Crippen LogP contribution in [0.3, 0.4) is 0 Å². The molecule has 1 aliphatic heterocycles. The summed E-state index contributed by atoms with van der Waals surface area (Å²) in [7, 11) is -3.80. The van der Waals surface area contributed by atoms with Crippen LogP contribution in [0.5, 0.6) is 0 Å². The van der Waals surface area contributed by atoms with Gasteiger partial charge in [0.05, 0.1) is 29.2 Å². The van der Waals surface area contributed by atoms with E-state index in [9.17, 15) is 22.4 Å². The van der Waals surface area contributed by atoms with Crippen LogP contribution in [0.2, 0.25) is 0 Å². The number of carbonyl (C=O) groups excluding carboxylic acids is 1. The molecule has 2 N–H and O–H groups in total. The Balaban J connectivity index is 1.77. The average molecular weight is 462 g/mol. The second-order valence-electron chi connectivity index (χ2n) is 8.09. The number of aromatic amines is 1. The average Bonchev–Trinajstić information content (AvgIpc) is 3.16. The predicted octanol–water partition coefficient (Wildman–Crippen LogP) is 2.52. The largest absolute Gasteiger partial charge is 0.343 e. The van der Waals surface area contributed by atoms with Gasteiger partial charge < -0.3 is 9.88 Å². The number of para-hydroxylation sites is 1. The summed E-state index contributed by atoms with van der Waals surface area (Å²) >= 11 is 0. The summed E-state index contributed by atoms with van der Waals surface area (Å²) in [6.45, 7) is 3.92. The molecule has 1 amide bonds. The Hall–Kier alpha value is -3.21. The van der Waals surface area contributed by atoms with E-state index in [1.165, 1.54) is 16.6 Å². The first kappa shape index (κ1) is 22.0. The fraction of sp³-hybridized carbons (Fsp3) is 0.381. The van der Waals surface area contributed by atoms with Gasteiger partial charge in [0.25, 0.3) is 11.5 Å². The third-order valence-electron chi connectivity index (χ3n) is 5.76. The molecule has 2 aromatic heterocycles. The van der Waals surface area contributed by atoms with Crippen LogP contribution in [-0.4, -0.2) is 46.6 Å². The number of halogens is 1. The van der Waals surface area contributed by atoms with Crippen molar-refractivity contribution in [2.45, 2.75) is 39.2 Å². The van der Waals surface area contributed by atoms with Crippen molar-refractivity contribution in [1.82, 2.24) is 19.5 Å². The van der Waals surface area contributed by atoms with Crippen LogP contribution >= 0.6 is 0 Å². The number of sulfonamides is 1. The third kappa shape index (κ3) is 3.99. The zero-order chi connectivity index (χ0) is 23.2. The number of amides is 1. The first-order chi connectivity index (χ1) is 15.1. The maximum atomic E-state index is 14.4. The fourth-order valence-corrected chi connectivity index (χ4v) is 4.62. The molecule has 11 heteroatoms. The highest BCUT2D eigenvalue weighted by Gasteiger charge is 2.32. The van der Waals surface area contributed by atoms with Gasteiger partial charge in [-0.1, -0.05) is 6.07 Å². The van der Waals surface area contributed by atoms with Gasteiger partial charge in [0.1, 0.15) is 11.5 Å². The minimum absolute atomic E-state index is 0.0751. The van der Waals surface area contributed by atoms with Crippen LogP contribution in [0.4, 0.5) is 10.1 Å². The van der Waals surface area contributed by atoms with Crippen molar-refractivity contribution >= 4 is 27.3 Å². The molecule has 0 aliphatic carbocycles. The van der Waals surface area contributed by atoms with E-state index in [4.69, 9.17) is 0 Å². The van der Waals surface area contributed by atoms with Crippen LogP contribution in [0.1, 0.15) is 52.6 Å². The number of aryl methyl sites for hydroxylation is 1. The Morgan fingerprint density at radius 2 is 2.03 bits per heavy atom. The summed E-state index contributed by atoms with van der Waals surface area (Å²) in [4.78, 5) is 30.8. The summed E-state index contributed by atoms with van der Waals surface area (Å²) in [6, 6.07) is 5.16. The molecule has 1 aliphatic rings. The standard InChI is InChI=1S/C21H24FN5O4S/c1-12-13(2)23-18-11-16(24-27(18)20(12)28)17-9-4-5-10-26(17)21(29)14-7-6-8-15(22)19(14)25-32(3,30)31/h6-8,11,17,23,25H,4-5,9-10H2,1-3H3/t17-/m0/s1. The molecule has 0 saturated carbocycles. The summed E-state index contributed by atoms with van der Waals surface area (Å²) in [5.74, 6) is -1.34. The van der Waals surface area contributed by atoms with Gasteiger partial charge in [0, 0.05) is 23.9 Å². The number of rotatable bonds is 4. The van der Waals surface area contributed by atoms with Crippen molar-refractivity contribution in [2.24, 2.45) is 0 Å². The zero-order valence-electron chi connectivity index (χ0n) is 18.0. The Morgan fingerprint density at radius 3 is 2.75 bits per heavy atom. The molecule has 4 rings (SSSR count). The number of aromatic nitrogens is 3. The quantitative estimate of drug-likeness (QED) is 0.619. The fourth-order valence-electron chi connectivity index (χ4n) is 4.04. The number of piperidine rings is 1. The van der Waals surface area contributed by atoms with Crippen LogP contribution in [0, 0.1) is 19.7 Å². The Morgan fingerprint density at radius 1 is 1.28 bits per heavy atom. The number of H-pyrrole nitrogens is 1. The van der Waals surface area contributed by atoms with E-state index in [0.717, 1.165) is 30.9 Å². The highest BCUT2D eigenvalue weighted by molar-refractivity contribution is 7.92. The van der Waals surface area contributed by atoms with Gasteiger partial charge in [-0.2, -0.15) is 9.61 Å². The lowest BCUT2D eigenvalue weighted by Crippen LogP contribution is -2.39. The SMILES string of the molecule is Cc1[nH]c2cc([C@@H]3CCCCN3C(=O)c3cccc(F)c3NS(C)(=O)=O)nn2c(=O)c1C. The summed E-state index contributed by atoms with van der Waals surface area (Å²) < 4.78 is 41.3. The van der Waals surface area contributed by atoms with E-state index in [-0.39, 0.29) is 16.8 Å². The first-order valence-corrected chi connectivity index (χ1v) is 12.1. The first-order valence-electron chi connectivity index (χ1n) is 10.2. The number of nitrogens with one attached hydrogen (secondary N) is 2. The lowest BCUT2D eigenvalue weighted by Gasteiger charge is -2.35. The van der Waals surface area contributed by atoms with E-state index in [0.29, 0.717) is 29.9 Å². The van der Waals surface area contributed by atoms with E-state index in [1.807, 2.05) is 0 Å². The van der Waals surface area contributed by atoms with Crippen LogP contribution < -0.4 is 10.3 Å². The zero-order valence-corrected chi connectivity index (χ0v) is 18.8. The van der Waals surface area contributed by atoms with E-state index < -0.39 is 27.8 Å². The summed E-state index contributed by atoms with van der Waals surface area (Å²) in [5, 5.41) is 4.46. The lowest BCUT2D eigenvalue weighted by atomic mass is 9.98. The van der Waals surface area contributed by atoms with Crippen molar-refractivity contribution in [3.8, 4) is 0 Å². The van der Waals surface area contributed by atoms with E-state index in [2.05, 4.69) is 14.8 Å². The number of hydrogen-bond acceptors (Lipinski definition) is 5. The molecule has 1 fully saturated rings. The van der Waals surface area contributed by atoms with Gasteiger partial charge in [-0.15, -0.1) is 0 Å². The van der Waals surface area contributed by atoms with Crippen LogP contribution in [0.25, 0.3) is 5.65 Å². The minimum Gasteiger partial charge on any atom is -0.343 e. The molecule has 32 heavy (non-hydrogen) atoms. The Kier molecular flexibility index (Phi) is 5.53. The monoisotopic (exact) mass is 461 g/mol. The van der Waals surface area contributed by atoms with E-state index >= 15 is 0 Å². The topological polar surface area (TPSA) is 117 Å². The van der Waals surface area contributed by atoms with Crippen molar-refractivity contribution in [2.75, 3.05) is 17.5 Å². The molecule has 3 aromatic rings. The summed E-state index contributed by atoms with van der Waals surface area (Å²) in [6.07, 6.45) is 3.11. The van der Waals surface area contributed by atoms with Gasteiger partial charge in [0.15, 0.2) is 0 Å². The van der Waals surface area contributed by atoms with Crippen molar-refractivity contribution in [1.29, 1.82) is 0 Å². The van der Waals surface area contributed by atoms with Gasteiger partial charge in [0.2, 0.25) is 10.0 Å². The molecule has 1 saturated heterocycles. The molecule has 1 atom stereocenters. The smallest absolute Gasteiger partial charge is 0.277 e. The number of benzene rings is 1. The number of nitrogens with zero attached hydrogens (tertiary/aromatic N) is 3. The highest BCUT2D eigenvalue weighted by Crippen LogP contribution is 2.33. The maximum Gasteiger partial charge on any atom is 0.277 e. The molecule has 0 unspecified atom stereocenters. The molecule has 0 spiro atoms. The van der Waals surface area contributed by atoms with Crippen molar-refractivity contribution in [3.63, 3.8) is 0 Å². The maximum absolute atomic E-state index is 14.4. The van der Waals surface area contributed by atoms with Crippen LogP contribution in [-0.2, 0) is 10.0 Å². The van der Waals surface area contributed by atoms with E-state index in [1.54, 1.807) is 24.8 Å². The normalized spacial score (nSPS) is 17.0. The van der Waals surface area contributed by atoms with Gasteiger partial charge in [-0.05, 0) is 45.2 Å². The number of anilines is 1. The summed E-state index contributed by atoms with van der Waals surface area (Å²) in [5.41, 5.74) is 1.68. The van der Waals surface area contributed by atoms with Gasteiger partial charge in [-0.25, -0.2) is 12.8 Å². The Labute approximate surface area is 184 Å². The van der Waals surface area contributed by atoms with Gasteiger partial charge in [-0.3, -0.25) is 14.3 Å². The molecule has 3 heterocycles. The molecule has 0 radical (unpaired) electrons. The van der Waals surface area contributed by atoms with Crippen molar-refractivity contribution in [3.05, 3.63) is 63.0 Å². The third-order valence-corrected chi connectivity index (χ3v) is 6.33. The Bertz CT molecular complexity index is 1380. The number of carbonyl (C=O) groups is 1. The predicted molar refractivity (Wildman–Crippen MR) is 118 cm³/mol. The number of hydrogen-bond donors (Lipinski definition) is 2. The lowest BCUT2D eigenvalue weighted by molar-refractivity contribution is 0.0606. The second-order valence-corrected chi connectivity index (χ2v) is 9.84. The van der Waals surface area contributed by atoms with Crippen molar-refractivity contribution < 1.29 is 17.6 Å². The number of fused-ring (bicyclic) bond motifs is 1. The molecular formula is C21H24FN5O4S. The number of likely N-dealkylation sites (tertiary alicyclic amines) is 1. The molecule has 170 valence electrons. The van der Waals surface area contributed by atoms with Crippen LogP contribution in [0.15, 0.2) is 29.1 Å². The van der Waals surface area contributed by atoms with Gasteiger partial charge >= 0.3 is 0 Å². The molecule has 9 nitrogen and oxygen atoms in total. The minimum atomic E-state index is -3.80. The highest BCUT2D eigenvalue weighted by atomic mass is 32.2. The molecule has 0 bridgehead atoms. The molecule has 1 aromatic carbocycles. The molecular weight excluding hydrogens is 437 g/mol.